The van der Waals surface area contributed by atoms with Crippen molar-refractivity contribution in [1.82, 2.24) is 0 Å². The minimum absolute atomic E-state index is 0.123. The third-order valence-electron chi connectivity index (χ3n) is 4.53. The van der Waals surface area contributed by atoms with E-state index in [1.807, 2.05) is 0 Å². The molecule has 2 aromatic rings. The fraction of sp³-hybridized carbons (Fsp3) is 0.200. The molecule has 28 heavy (non-hydrogen) atoms. The second-order valence-electron chi connectivity index (χ2n) is 6.26. The fourth-order valence-electron chi connectivity index (χ4n) is 2.84. The molecule has 2 N–H and O–H groups in total. The van der Waals surface area contributed by atoms with Gasteiger partial charge in [0.15, 0.2) is 0 Å². The number of halogens is 2. The van der Waals surface area contributed by atoms with Crippen molar-refractivity contribution in [3.05, 3.63) is 70.8 Å². The molecule has 0 aromatic heterocycles. The molecule has 2 aromatic carbocycles. The Morgan fingerprint density at radius 2 is 0.964 bits per heavy atom. The quantitative estimate of drug-likeness (QED) is 0.336. The van der Waals surface area contributed by atoms with Crippen LogP contribution in [0.1, 0.15) is 31.8 Å². The van der Waals surface area contributed by atoms with Gasteiger partial charge in [0.1, 0.15) is 0 Å². The SMILES string of the molecule is Cc1ccccc1C(=O)C(O)(C(=O)Br)C(O)(C(=O)Br)C(=O)c1ccccc1C. The van der Waals surface area contributed by atoms with E-state index in [1.54, 1.807) is 38.1 Å². The van der Waals surface area contributed by atoms with Crippen LogP contribution in [-0.2, 0) is 9.59 Å². The van der Waals surface area contributed by atoms with Crippen molar-refractivity contribution in [2.75, 3.05) is 0 Å². The summed E-state index contributed by atoms with van der Waals surface area (Å²) in [6.07, 6.45) is 0. The zero-order chi connectivity index (χ0) is 21.3. The summed E-state index contributed by atoms with van der Waals surface area (Å²) in [6.45, 7) is 3.09. The molecule has 0 aliphatic rings. The van der Waals surface area contributed by atoms with Crippen LogP contribution in [-0.4, -0.2) is 42.4 Å². The predicted octanol–water partition coefficient (Wildman–Crippen LogP) is 2.67. The average molecular weight is 512 g/mol. The first-order chi connectivity index (χ1) is 13.0. The summed E-state index contributed by atoms with van der Waals surface area (Å²) in [5.41, 5.74) is -6.29. The van der Waals surface area contributed by atoms with Gasteiger partial charge in [0.2, 0.25) is 32.2 Å². The number of aliphatic hydroxyl groups is 2. The standard InChI is InChI=1S/C20H16Br2O6/c1-11-7-3-5-9-13(11)15(23)19(27,17(21)25)20(28,18(22)26)16(24)14-10-6-4-8-12(14)2/h3-10,27-28H,1-2H3. The Labute approximate surface area is 177 Å². The molecule has 8 heteroatoms. The molecule has 2 unspecified atom stereocenters. The molecule has 0 fully saturated rings. The van der Waals surface area contributed by atoms with Crippen molar-refractivity contribution >= 4 is 52.8 Å². The zero-order valence-electron chi connectivity index (χ0n) is 14.9. The third kappa shape index (κ3) is 3.41. The Balaban J connectivity index is 2.78. The molecule has 0 amide bonds. The first-order valence-electron chi connectivity index (χ1n) is 8.05. The number of aryl methyl sites for hydroxylation is 2. The third-order valence-corrected chi connectivity index (χ3v) is 5.68. The van der Waals surface area contributed by atoms with Gasteiger partial charge in [-0.3, -0.25) is 19.2 Å². The Morgan fingerprint density at radius 3 is 1.21 bits per heavy atom. The van der Waals surface area contributed by atoms with Crippen molar-refractivity contribution in [3.8, 4) is 0 Å². The van der Waals surface area contributed by atoms with Crippen LogP contribution in [0.15, 0.2) is 48.5 Å². The number of hydrogen-bond donors (Lipinski definition) is 2. The van der Waals surface area contributed by atoms with Gasteiger partial charge >= 0.3 is 0 Å². The van der Waals surface area contributed by atoms with Gasteiger partial charge in [-0.05, 0) is 56.8 Å². The van der Waals surface area contributed by atoms with Crippen LogP contribution in [0, 0.1) is 13.8 Å². The lowest BCUT2D eigenvalue weighted by atomic mass is 9.73. The lowest BCUT2D eigenvalue weighted by Gasteiger charge is -2.36. The van der Waals surface area contributed by atoms with E-state index in [2.05, 4.69) is 31.9 Å². The Hall–Kier alpha value is -2.00. The maximum atomic E-state index is 13.1. The molecular weight excluding hydrogens is 496 g/mol. The number of benzene rings is 2. The van der Waals surface area contributed by atoms with Gasteiger partial charge in [-0.25, -0.2) is 0 Å². The van der Waals surface area contributed by atoms with Crippen LogP contribution < -0.4 is 0 Å². The van der Waals surface area contributed by atoms with Gasteiger partial charge < -0.3 is 10.2 Å². The van der Waals surface area contributed by atoms with Crippen LogP contribution in [0.5, 0.6) is 0 Å². The normalized spacial score (nSPS) is 15.2. The maximum Gasteiger partial charge on any atom is 0.241 e. The first kappa shape index (κ1) is 22.3. The Morgan fingerprint density at radius 1 is 0.679 bits per heavy atom. The molecule has 0 aliphatic heterocycles. The molecule has 0 spiro atoms. The van der Waals surface area contributed by atoms with Crippen molar-refractivity contribution in [2.45, 2.75) is 25.0 Å². The second-order valence-corrected chi connectivity index (χ2v) is 7.70. The van der Waals surface area contributed by atoms with Gasteiger partial charge in [-0.15, -0.1) is 0 Å². The molecule has 2 rings (SSSR count). The summed E-state index contributed by atoms with van der Waals surface area (Å²) in [5.74, 6) is -2.57. The van der Waals surface area contributed by atoms with E-state index in [-0.39, 0.29) is 11.1 Å². The molecule has 0 bridgehead atoms. The van der Waals surface area contributed by atoms with E-state index in [0.29, 0.717) is 11.1 Å². The summed E-state index contributed by atoms with van der Waals surface area (Å²) in [5, 5.41) is 22.2. The lowest BCUT2D eigenvalue weighted by Crippen LogP contribution is -2.69. The summed E-state index contributed by atoms with van der Waals surface area (Å²) < 4.78 is -2.85. The van der Waals surface area contributed by atoms with E-state index in [0.717, 1.165) is 0 Å². The molecule has 0 saturated heterocycles. The largest absolute Gasteiger partial charge is 0.371 e. The number of hydrogen-bond acceptors (Lipinski definition) is 6. The molecule has 6 nitrogen and oxygen atoms in total. The summed E-state index contributed by atoms with van der Waals surface area (Å²) in [6, 6.07) is 11.9. The van der Waals surface area contributed by atoms with Gasteiger partial charge in [0.05, 0.1) is 0 Å². The van der Waals surface area contributed by atoms with Crippen molar-refractivity contribution < 1.29 is 29.4 Å². The van der Waals surface area contributed by atoms with Gasteiger partial charge in [-0.2, -0.15) is 0 Å². The molecular formula is C20H16Br2O6. The van der Waals surface area contributed by atoms with E-state index in [9.17, 15) is 29.4 Å². The van der Waals surface area contributed by atoms with Gasteiger partial charge in [0, 0.05) is 11.1 Å². The van der Waals surface area contributed by atoms with E-state index in [4.69, 9.17) is 0 Å². The smallest absolute Gasteiger partial charge is 0.241 e. The predicted molar refractivity (Wildman–Crippen MR) is 109 cm³/mol. The molecule has 2 atom stereocenters. The highest BCUT2D eigenvalue weighted by Crippen LogP contribution is 2.36. The number of rotatable bonds is 7. The van der Waals surface area contributed by atoms with Crippen LogP contribution in [0.3, 0.4) is 0 Å². The van der Waals surface area contributed by atoms with E-state index in [1.165, 1.54) is 24.3 Å². The highest BCUT2D eigenvalue weighted by molar-refractivity contribution is 9.18. The highest BCUT2D eigenvalue weighted by Gasteiger charge is 2.67. The van der Waals surface area contributed by atoms with E-state index < -0.39 is 32.2 Å². The molecule has 0 heterocycles. The molecule has 0 radical (unpaired) electrons. The topological polar surface area (TPSA) is 109 Å². The van der Waals surface area contributed by atoms with Crippen molar-refractivity contribution in [1.29, 1.82) is 0 Å². The molecule has 146 valence electrons. The number of carbonyl (C=O) groups excluding carboxylic acids is 4. The monoisotopic (exact) mass is 510 g/mol. The minimum Gasteiger partial charge on any atom is -0.371 e. The summed E-state index contributed by atoms with van der Waals surface area (Å²) in [7, 11) is 0. The van der Waals surface area contributed by atoms with Crippen LogP contribution in [0.25, 0.3) is 0 Å². The lowest BCUT2D eigenvalue weighted by molar-refractivity contribution is -0.152. The average Bonchev–Trinajstić information content (AvgIpc) is 2.65. The Kier molecular flexibility index (Phi) is 6.50. The summed E-state index contributed by atoms with van der Waals surface area (Å²) >= 11 is 4.98. The number of ketones is 2. The maximum absolute atomic E-state index is 13.1. The summed E-state index contributed by atoms with van der Waals surface area (Å²) in [4.78, 5) is 50.9. The van der Waals surface area contributed by atoms with Crippen LogP contribution in [0.2, 0.25) is 0 Å². The molecule has 0 saturated carbocycles. The zero-order valence-corrected chi connectivity index (χ0v) is 18.1. The number of Topliss-reactive ketones (excluding diaryl/α,β-unsaturated/α-hetero) is 2. The van der Waals surface area contributed by atoms with Crippen LogP contribution in [0.4, 0.5) is 0 Å². The van der Waals surface area contributed by atoms with Gasteiger partial charge in [0.25, 0.3) is 0 Å². The fourth-order valence-corrected chi connectivity index (χ4v) is 3.77. The second kappa shape index (κ2) is 8.16. The number of carbonyl (C=O) groups is 4. The van der Waals surface area contributed by atoms with Gasteiger partial charge in [-0.1, -0.05) is 48.5 Å². The first-order valence-corrected chi connectivity index (χ1v) is 9.63. The molecule has 0 aliphatic carbocycles. The highest BCUT2D eigenvalue weighted by atomic mass is 79.9. The van der Waals surface area contributed by atoms with Crippen molar-refractivity contribution in [3.63, 3.8) is 0 Å². The Bertz CT molecular complexity index is 907. The van der Waals surface area contributed by atoms with E-state index >= 15 is 0 Å². The minimum atomic E-state index is -3.40. The van der Waals surface area contributed by atoms with Crippen LogP contribution >= 0.6 is 31.9 Å². The van der Waals surface area contributed by atoms with Crippen molar-refractivity contribution in [2.24, 2.45) is 0 Å².